The predicted octanol–water partition coefficient (Wildman–Crippen LogP) is 3.81. The highest BCUT2D eigenvalue weighted by atomic mass is 32.2. The third-order valence-corrected chi connectivity index (χ3v) is 4.21. The summed E-state index contributed by atoms with van der Waals surface area (Å²) in [5.74, 6) is 1.63. The van der Waals surface area contributed by atoms with Crippen LogP contribution >= 0.6 is 11.8 Å². The van der Waals surface area contributed by atoms with Gasteiger partial charge in [-0.3, -0.25) is 0 Å². The molecule has 23 heavy (non-hydrogen) atoms. The molecule has 0 unspecified atom stereocenters. The van der Waals surface area contributed by atoms with Crippen LogP contribution in [0.1, 0.15) is 11.4 Å². The summed E-state index contributed by atoms with van der Waals surface area (Å²) in [6.45, 7) is 0. The van der Waals surface area contributed by atoms with Gasteiger partial charge in [0.05, 0.1) is 7.11 Å². The van der Waals surface area contributed by atoms with Crippen molar-refractivity contribution in [2.75, 3.05) is 12.8 Å². The molecule has 0 saturated carbocycles. The van der Waals surface area contributed by atoms with Crippen LogP contribution in [-0.4, -0.2) is 17.1 Å². The van der Waals surface area contributed by atoms with E-state index < -0.39 is 0 Å². The van der Waals surface area contributed by atoms with Crippen molar-refractivity contribution < 1.29 is 4.74 Å². The van der Waals surface area contributed by atoms with Gasteiger partial charge in [0, 0.05) is 23.2 Å². The van der Waals surface area contributed by atoms with E-state index in [0.29, 0.717) is 6.42 Å². The first-order chi connectivity index (χ1) is 11.2. The third-order valence-electron chi connectivity index (χ3n) is 3.29. The highest BCUT2D eigenvalue weighted by Gasteiger charge is 2.04. The van der Waals surface area contributed by atoms with Crippen molar-refractivity contribution in [3.05, 3.63) is 72.2 Å². The summed E-state index contributed by atoms with van der Waals surface area (Å²) in [7, 11) is 1.67. The summed E-state index contributed by atoms with van der Waals surface area (Å²) in [4.78, 5) is 10.1. The molecule has 0 saturated heterocycles. The number of ether oxygens (including phenoxy) is 1. The Balaban J connectivity index is 1.75. The minimum atomic E-state index is 0.687. The Morgan fingerprint density at radius 3 is 2.70 bits per heavy atom. The monoisotopic (exact) mass is 323 g/mol. The van der Waals surface area contributed by atoms with Gasteiger partial charge in [0.1, 0.15) is 16.6 Å². The van der Waals surface area contributed by atoms with Gasteiger partial charge in [-0.15, -0.1) is 0 Å². The van der Waals surface area contributed by atoms with Crippen molar-refractivity contribution in [3.8, 4) is 5.75 Å². The van der Waals surface area contributed by atoms with E-state index in [1.807, 2.05) is 54.6 Å². The number of aromatic nitrogens is 2. The number of nitrogens with zero attached hydrogens (tertiary/aromatic N) is 2. The number of methoxy groups -OCH3 is 1. The number of hydrogen-bond donors (Lipinski definition) is 1. The smallest absolute Gasteiger partial charge is 0.133 e. The maximum absolute atomic E-state index is 5.71. The standard InChI is InChI=1S/C18H17N3OS/c1-22-15-3-2-4-16(12-15)23-18-9-10-20-17(21-18)11-13-5-7-14(19)8-6-13/h2-10,12H,11,19H2,1H3. The lowest BCUT2D eigenvalue weighted by Gasteiger charge is -2.06. The van der Waals surface area contributed by atoms with Gasteiger partial charge in [0.25, 0.3) is 0 Å². The molecule has 0 aliphatic heterocycles. The van der Waals surface area contributed by atoms with Crippen molar-refractivity contribution in [3.63, 3.8) is 0 Å². The minimum absolute atomic E-state index is 0.687. The molecule has 1 aromatic heterocycles. The van der Waals surface area contributed by atoms with Gasteiger partial charge in [-0.1, -0.05) is 30.0 Å². The largest absolute Gasteiger partial charge is 0.497 e. The first kappa shape index (κ1) is 15.4. The molecule has 1 heterocycles. The number of nitrogens with two attached hydrogens (primary N) is 1. The van der Waals surface area contributed by atoms with E-state index in [4.69, 9.17) is 10.5 Å². The summed E-state index contributed by atoms with van der Waals surface area (Å²) in [5.41, 5.74) is 7.61. The quantitative estimate of drug-likeness (QED) is 0.571. The average Bonchev–Trinajstić information content (AvgIpc) is 2.57. The predicted molar refractivity (Wildman–Crippen MR) is 92.8 cm³/mol. The van der Waals surface area contributed by atoms with Gasteiger partial charge in [0.15, 0.2) is 0 Å². The zero-order valence-corrected chi connectivity index (χ0v) is 13.6. The maximum Gasteiger partial charge on any atom is 0.133 e. The maximum atomic E-state index is 5.71. The van der Waals surface area contributed by atoms with Gasteiger partial charge in [-0.2, -0.15) is 0 Å². The molecular formula is C18H17N3OS. The molecule has 0 amide bonds. The molecule has 0 aliphatic rings. The van der Waals surface area contributed by atoms with E-state index in [-0.39, 0.29) is 0 Å². The number of anilines is 1. The fourth-order valence-corrected chi connectivity index (χ4v) is 2.97. The Morgan fingerprint density at radius 1 is 1.09 bits per heavy atom. The van der Waals surface area contributed by atoms with Crippen molar-refractivity contribution in [2.45, 2.75) is 16.3 Å². The molecule has 5 heteroatoms. The van der Waals surface area contributed by atoms with Crippen LogP contribution in [0.15, 0.2) is 70.7 Å². The van der Waals surface area contributed by atoms with Crippen LogP contribution in [0.5, 0.6) is 5.75 Å². The lowest BCUT2D eigenvalue weighted by atomic mass is 10.1. The van der Waals surface area contributed by atoms with Crippen LogP contribution in [0.4, 0.5) is 5.69 Å². The van der Waals surface area contributed by atoms with Gasteiger partial charge < -0.3 is 10.5 Å². The minimum Gasteiger partial charge on any atom is -0.497 e. The normalized spacial score (nSPS) is 10.5. The van der Waals surface area contributed by atoms with Crippen LogP contribution in [0.2, 0.25) is 0 Å². The SMILES string of the molecule is COc1cccc(Sc2ccnc(Cc3ccc(N)cc3)n2)c1. The molecule has 0 spiro atoms. The van der Waals surface area contributed by atoms with Gasteiger partial charge in [0.2, 0.25) is 0 Å². The van der Waals surface area contributed by atoms with Crippen molar-refractivity contribution in [2.24, 2.45) is 0 Å². The van der Waals surface area contributed by atoms with E-state index in [0.717, 1.165) is 32.7 Å². The fraction of sp³-hybridized carbons (Fsp3) is 0.111. The van der Waals surface area contributed by atoms with E-state index >= 15 is 0 Å². The highest BCUT2D eigenvalue weighted by Crippen LogP contribution is 2.28. The second kappa shape index (κ2) is 7.15. The summed E-state index contributed by atoms with van der Waals surface area (Å²) >= 11 is 1.59. The molecule has 3 aromatic rings. The van der Waals surface area contributed by atoms with Crippen molar-refractivity contribution in [1.82, 2.24) is 9.97 Å². The highest BCUT2D eigenvalue weighted by molar-refractivity contribution is 7.99. The Morgan fingerprint density at radius 2 is 1.91 bits per heavy atom. The zero-order valence-electron chi connectivity index (χ0n) is 12.8. The van der Waals surface area contributed by atoms with Gasteiger partial charge in [-0.25, -0.2) is 9.97 Å². The van der Waals surface area contributed by atoms with E-state index in [1.54, 1.807) is 25.1 Å². The topological polar surface area (TPSA) is 61.0 Å². The summed E-state index contributed by atoms with van der Waals surface area (Å²) in [6, 6.07) is 17.6. The lowest BCUT2D eigenvalue weighted by Crippen LogP contribution is -1.97. The molecule has 3 rings (SSSR count). The number of hydrogen-bond acceptors (Lipinski definition) is 5. The first-order valence-corrected chi connectivity index (χ1v) is 8.03. The third kappa shape index (κ3) is 4.23. The van der Waals surface area contributed by atoms with Crippen LogP contribution < -0.4 is 10.5 Å². The Bertz CT molecular complexity index is 790. The molecule has 0 atom stereocenters. The van der Waals surface area contributed by atoms with Crippen LogP contribution in [0.25, 0.3) is 0 Å². The van der Waals surface area contributed by atoms with Gasteiger partial charge in [-0.05, 0) is 42.0 Å². The Hall–Kier alpha value is -2.53. The summed E-state index contributed by atoms with van der Waals surface area (Å²) < 4.78 is 5.25. The number of rotatable bonds is 5. The molecule has 0 fully saturated rings. The summed E-state index contributed by atoms with van der Waals surface area (Å²) in [6.07, 6.45) is 2.48. The molecule has 0 bridgehead atoms. The van der Waals surface area contributed by atoms with E-state index in [1.165, 1.54) is 0 Å². The second-order valence-electron chi connectivity index (χ2n) is 5.01. The molecular weight excluding hydrogens is 306 g/mol. The van der Waals surface area contributed by atoms with Gasteiger partial charge >= 0.3 is 0 Å². The lowest BCUT2D eigenvalue weighted by molar-refractivity contribution is 0.413. The number of nitrogen functional groups attached to an aromatic ring is 1. The van der Waals surface area contributed by atoms with E-state index in [2.05, 4.69) is 9.97 Å². The van der Waals surface area contributed by atoms with Crippen LogP contribution in [0, 0.1) is 0 Å². The van der Waals surface area contributed by atoms with Crippen LogP contribution in [0.3, 0.4) is 0 Å². The molecule has 0 radical (unpaired) electrons. The number of benzene rings is 2. The molecule has 116 valence electrons. The Kier molecular flexibility index (Phi) is 4.78. The first-order valence-electron chi connectivity index (χ1n) is 7.21. The van der Waals surface area contributed by atoms with Crippen molar-refractivity contribution >= 4 is 17.4 Å². The van der Waals surface area contributed by atoms with Crippen molar-refractivity contribution in [1.29, 1.82) is 0 Å². The molecule has 2 N–H and O–H groups in total. The van der Waals surface area contributed by atoms with E-state index in [9.17, 15) is 0 Å². The molecule has 2 aromatic carbocycles. The molecule has 0 aliphatic carbocycles. The average molecular weight is 323 g/mol. The fourth-order valence-electron chi connectivity index (χ4n) is 2.13. The zero-order chi connectivity index (χ0) is 16.1. The van der Waals surface area contributed by atoms with Crippen LogP contribution in [-0.2, 0) is 6.42 Å². The second-order valence-corrected chi connectivity index (χ2v) is 6.10. The summed E-state index contributed by atoms with van der Waals surface area (Å²) in [5, 5.41) is 0.915. The Labute approximate surface area is 139 Å². The molecule has 4 nitrogen and oxygen atoms in total.